The Hall–Kier alpha value is -2.11. The number of carbonyl (C=O) groups excluding carboxylic acids is 2. The van der Waals surface area contributed by atoms with Gasteiger partial charge in [0.05, 0.1) is 6.21 Å². The van der Waals surface area contributed by atoms with E-state index in [9.17, 15) is 9.59 Å². The van der Waals surface area contributed by atoms with E-state index in [-0.39, 0.29) is 0 Å². The molecule has 0 aliphatic carbocycles. The lowest BCUT2D eigenvalue weighted by Gasteiger charge is -1.91. The van der Waals surface area contributed by atoms with Crippen LogP contribution >= 0.6 is 0 Å². The topological polar surface area (TPSA) is 97.7 Å². The van der Waals surface area contributed by atoms with Gasteiger partial charge in [0.25, 0.3) is 0 Å². The van der Waals surface area contributed by atoms with Crippen molar-refractivity contribution in [2.75, 3.05) is 0 Å². The van der Waals surface area contributed by atoms with Crippen LogP contribution in [-0.2, 0) is 9.59 Å². The Bertz CT molecular complexity index is 381. The first-order chi connectivity index (χ1) is 6.59. The Balaban J connectivity index is 2.49. The largest absolute Gasteiger partial charge is 0.460 e. The predicted molar refractivity (Wildman–Crippen MR) is 48.4 cm³/mol. The molecule has 0 aliphatic heterocycles. The van der Waals surface area contributed by atoms with Gasteiger partial charge in [-0.1, -0.05) is 0 Å². The molecule has 14 heavy (non-hydrogen) atoms. The molecule has 0 saturated heterocycles. The highest BCUT2D eigenvalue weighted by Gasteiger charge is 2.05. The van der Waals surface area contributed by atoms with Crippen LogP contribution in [-0.4, -0.2) is 18.0 Å². The number of rotatable bonds is 2. The highest BCUT2D eigenvalue weighted by Crippen LogP contribution is 2.02. The SMILES string of the molecule is Cc1ccc(/C=N/NC(=O)C(N)=O)o1. The van der Waals surface area contributed by atoms with Crippen LogP contribution in [0.25, 0.3) is 0 Å². The van der Waals surface area contributed by atoms with Gasteiger partial charge in [-0.25, -0.2) is 5.43 Å². The van der Waals surface area contributed by atoms with E-state index < -0.39 is 11.8 Å². The summed E-state index contributed by atoms with van der Waals surface area (Å²) in [6, 6.07) is 3.42. The quantitative estimate of drug-likeness (QED) is 0.379. The molecule has 0 radical (unpaired) electrons. The Morgan fingerprint density at radius 2 is 2.29 bits per heavy atom. The summed E-state index contributed by atoms with van der Waals surface area (Å²) in [7, 11) is 0. The summed E-state index contributed by atoms with van der Waals surface area (Å²) < 4.78 is 5.11. The fourth-order valence-corrected chi connectivity index (χ4v) is 0.732. The van der Waals surface area contributed by atoms with Gasteiger partial charge in [-0.3, -0.25) is 9.59 Å². The third kappa shape index (κ3) is 2.74. The van der Waals surface area contributed by atoms with Gasteiger partial charge in [0, 0.05) is 0 Å². The summed E-state index contributed by atoms with van der Waals surface area (Å²) in [5.74, 6) is -0.845. The number of hydrogen-bond donors (Lipinski definition) is 2. The first-order valence-electron chi connectivity index (χ1n) is 3.79. The number of amides is 2. The molecule has 0 aliphatic rings. The highest BCUT2D eigenvalue weighted by molar-refractivity contribution is 6.34. The minimum Gasteiger partial charge on any atom is -0.460 e. The maximum Gasteiger partial charge on any atom is 0.329 e. The van der Waals surface area contributed by atoms with Crippen molar-refractivity contribution in [3.8, 4) is 0 Å². The fraction of sp³-hybridized carbons (Fsp3) is 0.125. The molecule has 3 N–H and O–H groups in total. The molecule has 1 aromatic heterocycles. The molecule has 2 amide bonds. The van der Waals surface area contributed by atoms with E-state index in [2.05, 4.69) is 10.8 Å². The Morgan fingerprint density at radius 3 is 2.79 bits per heavy atom. The third-order valence-electron chi connectivity index (χ3n) is 1.34. The predicted octanol–water partition coefficient (Wildman–Crippen LogP) is -0.477. The van der Waals surface area contributed by atoms with Crippen molar-refractivity contribution in [3.05, 3.63) is 23.7 Å². The van der Waals surface area contributed by atoms with Crippen LogP contribution in [0.1, 0.15) is 11.5 Å². The summed E-state index contributed by atoms with van der Waals surface area (Å²) in [6.07, 6.45) is 1.27. The van der Waals surface area contributed by atoms with Crippen molar-refractivity contribution in [1.82, 2.24) is 5.43 Å². The third-order valence-corrected chi connectivity index (χ3v) is 1.34. The van der Waals surface area contributed by atoms with Gasteiger partial charge in [-0.05, 0) is 19.1 Å². The molecule has 0 atom stereocenters. The first-order valence-corrected chi connectivity index (χ1v) is 3.79. The molecule has 0 bridgehead atoms. The van der Waals surface area contributed by atoms with Crippen LogP contribution in [0.5, 0.6) is 0 Å². The van der Waals surface area contributed by atoms with Crippen molar-refractivity contribution in [2.45, 2.75) is 6.92 Å². The van der Waals surface area contributed by atoms with Crippen molar-refractivity contribution in [1.29, 1.82) is 0 Å². The number of aryl methyl sites for hydroxylation is 1. The molecule has 0 spiro atoms. The van der Waals surface area contributed by atoms with E-state index >= 15 is 0 Å². The van der Waals surface area contributed by atoms with Crippen molar-refractivity contribution in [3.63, 3.8) is 0 Å². The lowest BCUT2D eigenvalue weighted by atomic mass is 10.4. The fourth-order valence-electron chi connectivity index (χ4n) is 0.732. The second-order valence-corrected chi connectivity index (χ2v) is 2.51. The Kier molecular flexibility index (Phi) is 3.01. The van der Waals surface area contributed by atoms with Gasteiger partial charge in [0.2, 0.25) is 0 Å². The first kappa shape index (κ1) is 9.97. The molecule has 0 unspecified atom stereocenters. The molecular weight excluding hydrogens is 186 g/mol. The molecule has 1 rings (SSSR count). The molecule has 0 fully saturated rings. The second kappa shape index (κ2) is 4.22. The van der Waals surface area contributed by atoms with E-state index in [1.54, 1.807) is 19.1 Å². The molecule has 6 heteroatoms. The zero-order valence-corrected chi connectivity index (χ0v) is 7.48. The zero-order valence-electron chi connectivity index (χ0n) is 7.48. The summed E-state index contributed by atoms with van der Waals surface area (Å²) in [5, 5.41) is 3.46. The highest BCUT2D eigenvalue weighted by atomic mass is 16.3. The van der Waals surface area contributed by atoms with Gasteiger partial charge < -0.3 is 10.2 Å². The number of hydrazone groups is 1. The summed E-state index contributed by atoms with van der Waals surface area (Å²) >= 11 is 0. The molecule has 6 nitrogen and oxygen atoms in total. The maximum atomic E-state index is 10.6. The maximum absolute atomic E-state index is 10.6. The van der Waals surface area contributed by atoms with E-state index in [1.807, 2.05) is 5.43 Å². The number of nitrogens with zero attached hydrogens (tertiary/aromatic N) is 1. The summed E-state index contributed by atoms with van der Waals surface area (Å²) in [4.78, 5) is 20.9. The normalized spacial score (nSPS) is 10.4. The van der Waals surface area contributed by atoms with E-state index in [4.69, 9.17) is 4.42 Å². The Labute approximate surface area is 79.8 Å². The van der Waals surface area contributed by atoms with Gasteiger partial charge >= 0.3 is 11.8 Å². The van der Waals surface area contributed by atoms with Gasteiger partial charge in [0.1, 0.15) is 11.5 Å². The smallest absolute Gasteiger partial charge is 0.329 e. The number of primary amides is 1. The van der Waals surface area contributed by atoms with E-state index in [0.29, 0.717) is 5.76 Å². The van der Waals surface area contributed by atoms with Gasteiger partial charge in [0.15, 0.2) is 0 Å². The minimum atomic E-state index is -1.09. The monoisotopic (exact) mass is 195 g/mol. The summed E-state index contributed by atoms with van der Waals surface area (Å²) in [5.41, 5.74) is 6.61. The number of hydrogen-bond acceptors (Lipinski definition) is 4. The molecule has 0 aromatic carbocycles. The Morgan fingerprint density at radius 1 is 1.57 bits per heavy atom. The van der Waals surface area contributed by atoms with Crippen LogP contribution in [0.3, 0.4) is 0 Å². The zero-order chi connectivity index (χ0) is 10.6. The molecule has 1 aromatic rings. The summed E-state index contributed by atoms with van der Waals surface area (Å²) in [6.45, 7) is 1.78. The lowest BCUT2D eigenvalue weighted by molar-refractivity contribution is -0.137. The number of nitrogens with one attached hydrogen (secondary N) is 1. The van der Waals surface area contributed by atoms with Crippen LogP contribution < -0.4 is 11.2 Å². The van der Waals surface area contributed by atoms with Gasteiger partial charge in [-0.2, -0.15) is 5.10 Å². The standard InChI is InChI=1S/C8H9N3O3/c1-5-2-3-6(14-5)4-10-11-8(13)7(9)12/h2-4H,1H3,(H2,9,12)(H,11,13)/b10-4+. The molecule has 0 saturated carbocycles. The van der Waals surface area contributed by atoms with Crippen LogP contribution in [0, 0.1) is 6.92 Å². The average molecular weight is 195 g/mol. The van der Waals surface area contributed by atoms with Crippen molar-refractivity contribution in [2.24, 2.45) is 10.8 Å². The number of carbonyl (C=O) groups is 2. The van der Waals surface area contributed by atoms with Gasteiger partial charge in [-0.15, -0.1) is 0 Å². The minimum absolute atomic E-state index is 0.479. The lowest BCUT2D eigenvalue weighted by Crippen LogP contribution is -2.32. The molecule has 74 valence electrons. The van der Waals surface area contributed by atoms with Crippen molar-refractivity contribution < 1.29 is 14.0 Å². The van der Waals surface area contributed by atoms with E-state index in [0.717, 1.165) is 5.76 Å². The second-order valence-electron chi connectivity index (χ2n) is 2.51. The average Bonchev–Trinajstić information content (AvgIpc) is 2.51. The van der Waals surface area contributed by atoms with Crippen LogP contribution in [0.15, 0.2) is 21.7 Å². The molecule has 1 heterocycles. The molecular formula is C8H9N3O3. The number of furan rings is 1. The van der Waals surface area contributed by atoms with Crippen LogP contribution in [0.2, 0.25) is 0 Å². The number of nitrogens with two attached hydrogens (primary N) is 1. The van der Waals surface area contributed by atoms with Crippen molar-refractivity contribution >= 4 is 18.0 Å². The van der Waals surface area contributed by atoms with E-state index in [1.165, 1.54) is 6.21 Å². The van der Waals surface area contributed by atoms with Crippen LogP contribution in [0.4, 0.5) is 0 Å².